The van der Waals surface area contributed by atoms with Gasteiger partial charge in [-0.05, 0) is 48.5 Å². The summed E-state index contributed by atoms with van der Waals surface area (Å²) in [5.74, 6) is -0.261. The first-order valence-corrected chi connectivity index (χ1v) is 10.7. The van der Waals surface area contributed by atoms with Crippen LogP contribution in [0.1, 0.15) is 5.69 Å². The van der Waals surface area contributed by atoms with Crippen molar-refractivity contribution in [2.24, 2.45) is 12.1 Å². The minimum Gasteiger partial charge on any atom is -0.350 e. The number of hydrazone groups is 1. The summed E-state index contributed by atoms with van der Waals surface area (Å²) in [5, 5.41) is 5.46. The van der Waals surface area contributed by atoms with Gasteiger partial charge in [-0.15, -0.1) is 0 Å². The second-order valence-corrected chi connectivity index (χ2v) is 8.03. The molecule has 0 saturated heterocycles. The molecular weight excluding hydrogens is 434 g/mol. The Kier molecular flexibility index (Phi) is 6.20. The number of thioether (sulfide) groups is 1. The largest absolute Gasteiger partial charge is 0.350 e. The van der Waals surface area contributed by atoms with Gasteiger partial charge in [0.15, 0.2) is 5.16 Å². The summed E-state index contributed by atoms with van der Waals surface area (Å²) < 4.78 is 3.37. The lowest BCUT2D eigenvalue weighted by molar-refractivity contribution is -0.118. The van der Waals surface area contributed by atoms with E-state index in [1.165, 1.54) is 4.57 Å². The molecule has 2 aromatic carbocycles. The SMILES string of the molecule is Cn1cccc1/C=N\NC(=O)CSc1nc2ccccc2c(=O)n1-c1ccc(Cl)cc1. The fourth-order valence-electron chi connectivity index (χ4n) is 2.97. The fraction of sp³-hybridized carbons (Fsp3) is 0.0909. The number of nitrogens with zero attached hydrogens (tertiary/aromatic N) is 4. The lowest BCUT2D eigenvalue weighted by Gasteiger charge is -2.13. The smallest absolute Gasteiger partial charge is 0.266 e. The second kappa shape index (κ2) is 9.20. The maximum Gasteiger partial charge on any atom is 0.266 e. The number of hydrogen-bond acceptors (Lipinski definition) is 5. The molecule has 0 unspecified atom stereocenters. The van der Waals surface area contributed by atoms with E-state index in [1.54, 1.807) is 48.7 Å². The molecule has 4 rings (SSSR count). The Labute approximate surface area is 187 Å². The van der Waals surface area contributed by atoms with E-state index in [1.807, 2.05) is 36.0 Å². The standard InChI is InChI=1S/C22H18ClN5O2S/c1-27-12-4-5-17(27)13-24-26-20(29)14-31-22-25-19-7-3-2-6-18(19)21(30)28(22)16-10-8-15(23)9-11-16/h2-13H,14H2,1H3,(H,26,29)/b24-13-. The summed E-state index contributed by atoms with van der Waals surface area (Å²) in [7, 11) is 1.89. The Balaban J connectivity index is 1.59. The predicted octanol–water partition coefficient (Wildman–Crippen LogP) is 3.62. The van der Waals surface area contributed by atoms with Crippen LogP contribution in [0, 0.1) is 0 Å². The van der Waals surface area contributed by atoms with Crippen LogP contribution in [0.3, 0.4) is 0 Å². The molecule has 0 radical (unpaired) electrons. The Bertz CT molecular complexity index is 1330. The van der Waals surface area contributed by atoms with Crippen molar-refractivity contribution < 1.29 is 4.79 Å². The van der Waals surface area contributed by atoms with Gasteiger partial charge in [-0.3, -0.25) is 14.2 Å². The molecule has 1 amide bonds. The van der Waals surface area contributed by atoms with Gasteiger partial charge in [0.2, 0.25) is 0 Å². The first-order chi connectivity index (χ1) is 15.0. The normalized spacial score (nSPS) is 11.3. The number of aryl methyl sites for hydroxylation is 1. The summed E-state index contributed by atoms with van der Waals surface area (Å²) in [6.45, 7) is 0. The number of nitrogens with one attached hydrogen (secondary N) is 1. The molecule has 0 aliphatic carbocycles. The molecule has 4 aromatic rings. The van der Waals surface area contributed by atoms with Crippen molar-refractivity contribution >= 4 is 46.4 Å². The minimum absolute atomic E-state index is 0.0445. The third-order valence-corrected chi connectivity index (χ3v) is 5.72. The average molecular weight is 452 g/mol. The number of carbonyl (C=O) groups excluding carboxylic acids is 1. The Morgan fingerprint density at radius 3 is 2.68 bits per heavy atom. The highest BCUT2D eigenvalue weighted by molar-refractivity contribution is 7.99. The van der Waals surface area contributed by atoms with Gasteiger partial charge in [0, 0.05) is 18.3 Å². The zero-order valence-corrected chi connectivity index (χ0v) is 18.1. The average Bonchev–Trinajstić information content (AvgIpc) is 3.18. The quantitative estimate of drug-likeness (QED) is 0.210. The number of halogens is 1. The molecule has 9 heteroatoms. The molecule has 0 atom stereocenters. The van der Waals surface area contributed by atoms with Crippen molar-refractivity contribution in [1.82, 2.24) is 19.5 Å². The lowest BCUT2D eigenvalue weighted by Crippen LogP contribution is -2.24. The van der Waals surface area contributed by atoms with Crippen molar-refractivity contribution in [3.05, 3.63) is 87.9 Å². The monoisotopic (exact) mass is 451 g/mol. The van der Waals surface area contributed by atoms with E-state index in [0.29, 0.717) is 26.8 Å². The van der Waals surface area contributed by atoms with Gasteiger partial charge < -0.3 is 4.57 Å². The molecule has 31 heavy (non-hydrogen) atoms. The second-order valence-electron chi connectivity index (χ2n) is 6.65. The molecule has 2 heterocycles. The van der Waals surface area contributed by atoms with E-state index < -0.39 is 0 Å². The van der Waals surface area contributed by atoms with Crippen molar-refractivity contribution in [2.45, 2.75) is 5.16 Å². The van der Waals surface area contributed by atoms with E-state index in [4.69, 9.17) is 11.6 Å². The van der Waals surface area contributed by atoms with Crippen molar-refractivity contribution in [3.8, 4) is 5.69 Å². The molecule has 156 valence electrons. The molecule has 0 fully saturated rings. The fourth-order valence-corrected chi connectivity index (χ4v) is 3.90. The van der Waals surface area contributed by atoms with Crippen LogP contribution in [0.5, 0.6) is 0 Å². The van der Waals surface area contributed by atoms with Crippen LogP contribution in [-0.2, 0) is 11.8 Å². The number of fused-ring (bicyclic) bond motifs is 1. The van der Waals surface area contributed by atoms with Gasteiger partial charge in [0.25, 0.3) is 11.5 Å². The van der Waals surface area contributed by atoms with E-state index in [-0.39, 0.29) is 17.2 Å². The van der Waals surface area contributed by atoms with Crippen LogP contribution in [-0.4, -0.2) is 32.0 Å². The van der Waals surface area contributed by atoms with Crippen LogP contribution in [0.15, 0.2) is 81.9 Å². The predicted molar refractivity (Wildman–Crippen MR) is 124 cm³/mol. The van der Waals surface area contributed by atoms with Crippen LogP contribution < -0.4 is 11.0 Å². The topological polar surface area (TPSA) is 81.3 Å². The minimum atomic E-state index is -0.305. The Morgan fingerprint density at radius 1 is 1.16 bits per heavy atom. The number of para-hydroxylation sites is 1. The number of aromatic nitrogens is 3. The summed E-state index contributed by atoms with van der Waals surface area (Å²) in [5.41, 5.74) is 4.35. The molecule has 0 aliphatic heterocycles. The summed E-state index contributed by atoms with van der Waals surface area (Å²) >= 11 is 7.16. The van der Waals surface area contributed by atoms with E-state index in [9.17, 15) is 9.59 Å². The molecule has 0 saturated carbocycles. The highest BCUT2D eigenvalue weighted by Crippen LogP contribution is 2.22. The maximum absolute atomic E-state index is 13.2. The highest BCUT2D eigenvalue weighted by atomic mass is 35.5. The van der Waals surface area contributed by atoms with Gasteiger partial charge in [-0.25, -0.2) is 10.4 Å². The third-order valence-electron chi connectivity index (χ3n) is 4.53. The number of amides is 1. The lowest BCUT2D eigenvalue weighted by atomic mass is 10.2. The van der Waals surface area contributed by atoms with Crippen LogP contribution in [0.25, 0.3) is 16.6 Å². The van der Waals surface area contributed by atoms with Gasteiger partial charge in [-0.2, -0.15) is 5.10 Å². The number of hydrogen-bond donors (Lipinski definition) is 1. The molecule has 1 N–H and O–H groups in total. The summed E-state index contributed by atoms with van der Waals surface area (Å²) in [6.07, 6.45) is 3.46. The van der Waals surface area contributed by atoms with Crippen molar-refractivity contribution in [2.75, 3.05) is 5.75 Å². The first kappa shape index (κ1) is 20.9. The van der Waals surface area contributed by atoms with Gasteiger partial charge in [0.1, 0.15) is 0 Å². The third kappa shape index (κ3) is 4.70. The van der Waals surface area contributed by atoms with Crippen LogP contribution in [0.4, 0.5) is 0 Å². The van der Waals surface area contributed by atoms with Gasteiger partial charge in [0.05, 0.1) is 34.3 Å². The van der Waals surface area contributed by atoms with Crippen molar-refractivity contribution in [1.29, 1.82) is 0 Å². The summed E-state index contributed by atoms with van der Waals surface area (Å²) in [4.78, 5) is 30.1. The van der Waals surface area contributed by atoms with E-state index >= 15 is 0 Å². The van der Waals surface area contributed by atoms with Gasteiger partial charge >= 0.3 is 0 Å². The zero-order chi connectivity index (χ0) is 21.8. The van der Waals surface area contributed by atoms with Gasteiger partial charge in [-0.1, -0.05) is 35.5 Å². The Hall–Kier alpha value is -3.36. The molecule has 0 bridgehead atoms. The maximum atomic E-state index is 13.2. The van der Waals surface area contributed by atoms with E-state index in [0.717, 1.165) is 17.5 Å². The zero-order valence-electron chi connectivity index (χ0n) is 16.5. The highest BCUT2D eigenvalue weighted by Gasteiger charge is 2.14. The molecule has 0 spiro atoms. The molecular formula is C22H18ClN5O2S. The summed E-state index contributed by atoms with van der Waals surface area (Å²) in [6, 6.07) is 17.8. The first-order valence-electron chi connectivity index (χ1n) is 9.37. The van der Waals surface area contributed by atoms with Crippen LogP contribution in [0.2, 0.25) is 5.02 Å². The van der Waals surface area contributed by atoms with Crippen molar-refractivity contribution in [3.63, 3.8) is 0 Å². The van der Waals surface area contributed by atoms with Crippen LogP contribution >= 0.6 is 23.4 Å². The number of benzene rings is 2. The van der Waals surface area contributed by atoms with E-state index in [2.05, 4.69) is 15.5 Å². The molecule has 0 aliphatic rings. The molecule has 7 nitrogen and oxygen atoms in total. The number of rotatable bonds is 6. The Morgan fingerprint density at radius 2 is 1.94 bits per heavy atom. The molecule has 2 aromatic heterocycles. The number of carbonyl (C=O) groups is 1.